The quantitative estimate of drug-likeness (QED) is 0.689. The van der Waals surface area contributed by atoms with E-state index in [-0.39, 0.29) is 36.0 Å². The zero-order valence-electron chi connectivity index (χ0n) is 12.0. The Morgan fingerprint density at radius 1 is 1.26 bits per heavy atom. The monoisotopic (exact) mass is 350 g/mol. The smallest absolute Gasteiger partial charge is 0.334 e. The number of carboxylic acid groups (broad SMARTS) is 1. The molecule has 0 bridgehead atoms. The molecule has 128 valence electrons. The molecule has 0 saturated carbocycles. The van der Waals surface area contributed by atoms with Crippen LogP contribution in [0.2, 0.25) is 0 Å². The summed E-state index contributed by atoms with van der Waals surface area (Å²) in [6, 6.07) is 1.94. The maximum absolute atomic E-state index is 14.1. The number of hydrogen-bond donors (Lipinski definition) is 3. The number of aliphatic hydroxyl groups excluding tert-OH is 1. The van der Waals surface area contributed by atoms with Crippen LogP contribution in [0.15, 0.2) is 12.1 Å². The summed E-state index contributed by atoms with van der Waals surface area (Å²) in [5, 5.41) is 20.1. The number of hydrogen-bond acceptors (Lipinski definition) is 6. The van der Waals surface area contributed by atoms with Gasteiger partial charge in [-0.25, -0.2) is 22.0 Å². The molecule has 0 aromatic heterocycles. The van der Waals surface area contributed by atoms with Gasteiger partial charge >= 0.3 is 5.97 Å². The van der Waals surface area contributed by atoms with E-state index in [0.717, 1.165) is 12.1 Å². The number of aliphatic carboxylic acids is 1. The predicted octanol–water partition coefficient (Wildman–Crippen LogP) is 0.0570. The highest BCUT2D eigenvalue weighted by Crippen LogP contribution is 2.28. The predicted molar refractivity (Wildman–Crippen MR) is 79.4 cm³/mol. The number of rotatable bonds is 5. The van der Waals surface area contributed by atoms with Gasteiger partial charge in [-0.1, -0.05) is 0 Å². The second-order valence-electron chi connectivity index (χ2n) is 5.16. The second-order valence-corrected chi connectivity index (χ2v) is 7.47. The van der Waals surface area contributed by atoms with Crippen molar-refractivity contribution in [3.63, 3.8) is 0 Å². The molecule has 1 aliphatic heterocycles. The minimum absolute atomic E-state index is 0.000671. The summed E-state index contributed by atoms with van der Waals surface area (Å²) in [6.07, 6.45) is -1.70. The first-order valence-electron chi connectivity index (χ1n) is 6.79. The van der Waals surface area contributed by atoms with E-state index in [1.807, 2.05) is 0 Å². The minimum atomic E-state index is -3.17. The first kappa shape index (κ1) is 17.4. The fraction of sp³-hybridized carbons (Fsp3) is 0.462. The Hall–Kier alpha value is -1.94. The number of nitrogens with one attached hydrogen (secondary N) is 1. The molecule has 0 radical (unpaired) electrons. The van der Waals surface area contributed by atoms with Crippen molar-refractivity contribution in [1.82, 2.24) is 0 Å². The zero-order valence-corrected chi connectivity index (χ0v) is 12.8. The first-order valence-corrected chi connectivity index (χ1v) is 8.61. The highest BCUT2D eigenvalue weighted by atomic mass is 32.2. The van der Waals surface area contributed by atoms with Gasteiger partial charge in [-0.2, -0.15) is 0 Å². The third kappa shape index (κ3) is 4.29. The van der Waals surface area contributed by atoms with Crippen molar-refractivity contribution < 1.29 is 32.2 Å². The third-order valence-corrected chi connectivity index (χ3v) is 5.07. The summed E-state index contributed by atoms with van der Waals surface area (Å²) in [4.78, 5) is 11.8. The lowest BCUT2D eigenvalue weighted by Crippen LogP contribution is -2.41. The van der Waals surface area contributed by atoms with E-state index >= 15 is 0 Å². The van der Waals surface area contributed by atoms with Crippen LogP contribution in [-0.4, -0.2) is 61.8 Å². The summed E-state index contributed by atoms with van der Waals surface area (Å²) in [6.45, 7) is -0.406. The van der Waals surface area contributed by atoms with Gasteiger partial charge in [-0.05, 0) is 12.1 Å². The summed E-state index contributed by atoms with van der Waals surface area (Å²) < 4.78 is 51.0. The molecule has 1 aromatic carbocycles. The van der Waals surface area contributed by atoms with Crippen LogP contribution in [0.4, 0.5) is 20.2 Å². The molecule has 1 aromatic rings. The molecule has 2 rings (SSSR count). The van der Waals surface area contributed by atoms with E-state index < -0.39 is 40.1 Å². The average molecular weight is 350 g/mol. The number of aliphatic hydroxyl groups is 1. The first-order chi connectivity index (χ1) is 10.7. The van der Waals surface area contributed by atoms with Crippen LogP contribution in [0.25, 0.3) is 0 Å². The third-order valence-electron chi connectivity index (χ3n) is 3.46. The van der Waals surface area contributed by atoms with E-state index in [0.29, 0.717) is 0 Å². The highest BCUT2D eigenvalue weighted by molar-refractivity contribution is 7.91. The zero-order chi connectivity index (χ0) is 17.2. The van der Waals surface area contributed by atoms with Gasteiger partial charge < -0.3 is 20.4 Å². The molecule has 0 unspecified atom stereocenters. The molecule has 1 saturated heterocycles. The second kappa shape index (κ2) is 6.67. The van der Waals surface area contributed by atoms with E-state index in [4.69, 9.17) is 10.2 Å². The Bertz CT molecular complexity index is 673. The van der Waals surface area contributed by atoms with Crippen molar-refractivity contribution in [3.05, 3.63) is 23.8 Å². The summed E-state index contributed by atoms with van der Waals surface area (Å²) in [5.41, 5.74) is -0.335. The highest BCUT2D eigenvalue weighted by Gasteiger charge is 2.26. The summed E-state index contributed by atoms with van der Waals surface area (Å²) in [7, 11) is -3.17. The maximum Gasteiger partial charge on any atom is 0.334 e. The van der Waals surface area contributed by atoms with Gasteiger partial charge in [0.15, 0.2) is 27.6 Å². The molecular formula is C13H16F2N2O5S. The van der Waals surface area contributed by atoms with Gasteiger partial charge in [0, 0.05) is 18.8 Å². The van der Waals surface area contributed by atoms with Gasteiger partial charge in [-0.15, -0.1) is 0 Å². The SMILES string of the molecule is O=C(O)[C@H](O)CNc1cc(F)c(N2CCS(=O)(=O)CC2)c(F)c1. The number of anilines is 2. The molecule has 1 aliphatic rings. The van der Waals surface area contributed by atoms with Crippen LogP contribution >= 0.6 is 0 Å². The van der Waals surface area contributed by atoms with Gasteiger partial charge in [-0.3, -0.25) is 0 Å². The number of nitrogens with zero attached hydrogens (tertiary/aromatic N) is 1. The van der Waals surface area contributed by atoms with Gasteiger partial charge in [0.2, 0.25) is 0 Å². The molecule has 0 amide bonds. The van der Waals surface area contributed by atoms with Crippen molar-refractivity contribution >= 4 is 27.2 Å². The Morgan fingerprint density at radius 3 is 2.26 bits per heavy atom. The van der Waals surface area contributed by atoms with Crippen molar-refractivity contribution in [3.8, 4) is 0 Å². The van der Waals surface area contributed by atoms with Crippen LogP contribution in [-0.2, 0) is 14.6 Å². The normalized spacial score (nSPS) is 18.5. The van der Waals surface area contributed by atoms with E-state index in [1.165, 1.54) is 4.90 Å². The molecule has 23 heavy (non-hydrogen) atoms. The van der Waals surface area contributed by atoms with Crippen LogP contribution in [0, 0.1) is 11.6 Å². The lowest BCUT2D eigenvalue weighted by molar-refractivity contribution is -0.145. The maximum atomic E-state index is 14.1. The molecular weight excluding hydrogens is 334 g/mol. The molecule has 0 aliphatic carbocycles. The molecule has 1 heterocycles. The minimum Gasteiger partial charge on any atom is -0.479 e. The average Bonchev–Trinajstić information content (AvgIpc) is 2.45. The van der Waals surface area contributed by atoms with Crippen LogP contribution in [0.1, 0.15) is 0 Å². The molecule has 10 heteroatoms. The van der Waals surface area contributed by atoms with Crippen molar-refractivity contribution in [1.29, 1.82) is 0 Å². The lowest BCUT2D eigenvalue weighted by atomic mass is 10.2. The number of halogens is 2. The molecule has 3 N–H and O–H groups in total. The number of sulfone groups is 1. The van der Waals surface area contributed by atoms with Crippen molar-refractivity contribution in [2.24, 2.45) is 0 Å². The fourth-order valence-corrected chi connectivity index (χ4v) is 3.41. The molecule has 7 nitrogen and oxygen atoms in total. The largest absolute Gasteiger partial charge is 0.479 e. The lowest BCUT2D eigenvalue weighted by Gasteiger charge is -2.29. The van der Waals surface area contributed by atoms with E-state index in [2.05, 4.69) is 5.32 Å². The topological polar surface area (TPSA) is 107 Å². The van der Waals surface area contributed by atoms with Crippen LogP contribution < -0.4 is 10.2 Å². The van der Waals surface area contributed by atoms with Crippen LogP contribution in [0.5, 0.6) is 0 Å². The fourth-order valence-electron chi connectivity index (χ4n) is 2.21. The Balaban J connectivity index is 2.13. The van der Waals surface area contributed by atoms with Crippen molar-refractivity contribution in [2.75, 3.05) is 41.4 Å². The van der Waals surface area contributed by atoms with E-state index in [9.17, 15) is 22.0 Å². The molecule has 0 spiro atoms. The van der Waals surface area contributed by atoms with E-state index in [1.54, 1.807) is 0 Å². The number of carbonyl (C=O) groups is 1. The van der Waals surface area contributed by atoms with Gasteiger partial charge in [0.25, 0.3) is 0 Å². The molecule has 1 atom stereocenters. The summed E-state index contributed by atoms with van der Waals surface area (Å²) >= 11 is 0. The Labute approximate surface area is 131 Å². The molecule has 1 fully saturated rings. The van der Waals surface area contributed by atoms with Crippen molar-refractivity contribution in [2.45, 2.75) is 6.10 Å². The number of benzene rings is 1. The Kier molecular flexibility index (Phi) is 5.05. The standard InChI is InChI=1S/C13H16F2N2O5S/c14-9-5-8(16-7-11(18)13(19)20)6-10(15)12(9)17-1-3-23(21,22)4-2-17/h5-6,11,16,18H,1-4,7H2,(H,19,20)/t11-/m1/s1. The summed E-state index contributed by atoms with van der Waals surface area (Å²) in [5.74, 6) is -3.58. The van der Waals surface area contributed by atoms with Gasteiger partial charge in [0.05, 0.1) is 18.1 Å². The van der Waals surface area contributed by atoms with Gasteiger partial charge in [0.1, 0.15) is 5.69 Å². The number of carboxylic acids is 1. The van der Waals surface area contributed by atoms with Crippen LogP contribution in [0.3, 0.4) is 0 Å². The Morgan fingerprint density at radius 2 is 1.78 bits per heavy atom.